The van der Waals surface area contributed by atoms with Crippen molar-refractivity contribution in [3.8, 4) is 5.75 Å². The van der Waals surface area contributed by atoms with Crippen LogP contribution in [0.5, 0.6) is 5.75 Å². The molecule has 4 rings (SSSR count). The van der Waals surface area contributed by atoms with Gasteiger partial charge in [0, 0.05) is 37.7 Å². The summed E-state index contributed by atoms with van der Waals surface area (Å²) < 4.78 is 5.94. The molecule has 3 aliphatic rings. The summed E-state index contributed by atoms with van der Waals surface area (Å²) in [5.74, 6) is 0.541. The number of amides is 2. The first-order chi connectivity index (χ1) is 11.1. The van der Waals surface area contributed by atoms with Gasteiger partial charge in [-0.05, 0) is 37.5 Å². The molecule has 3 heterocycles. The van der Waals surface area contributed by atoms with E-state index in [2.05, 4.69) is 0 Å². The van der Waals surface area contributed by atoms with Crippen LogP contribution in [0.4, 0.5) is 0 Å². The van der Waals surface area contributed by atoms with Gasteiger partial charge in [0.1, 0.15) is 5.75 Å². The third-order valence-corrected chi connectivity index (χ3v) is 5.01. The van der Waals surface area contributed by atoms with E-state index in [1.807, 2.05) is 4.90 Å². The zero-order valence-electron chi connectivity index (χ0n) is 13.0. The molecule has 2 amide bonds. The predicted octanol–water partition coefficient (Wildman–Crippen LogP) is 1.20. The van der Waals surface area contributed by atoms with Crippen molar-refractivity contribution in [1.82, 2.24) is 9.80 Å². The molecule has 2 N–H and O–H groups in total. The minimum absolute atomic E-state index is 0.00963. The van der Waals surface area contributed by atoms with Crippen molar-refractivity contribution >= 4 is 11.8 Å². The topological polar surface area (TPSA) is 75.9 Å². The summed E-state index contributed by atoms with van der Waals surface area (Å²) in [6, 6.07) is 5.36. The van der Waals surface area contributed by atoms with Gasteiger partial charge in [-0.25, -0.2) is 0 Å². The Labute approximate surface area is 135 Å². The first-order valence-corrected chi connectivity index (χ1v) is 8.30. The lowest BCUT2D eigenvalue weighted by Crippen LogP contribution is -2.44. The number of ether oxygens (including phenoxy) is 1. The Morgan fingerprint density at radius 2 is 1.96 bits per heavy atom. The first kappa shape index (κ1) is 14.5. The van der Waals surface area contributed by atoms with Gasteiger partial charge in [-0.2, -0.15) is 0 Å². The molecular formula is C17H21N3O3. The van der Waals surface area contributed by atoms with Gasteiger partial charge in [-0.3, -0.25) is 9.59 Å². The molecule has 6 heteroatoms. The number of nitrogens with two attached hydrogens (primary N) is 1. The number of nitrogens with zero attached hydrogens (tertiary/aromatic N) is 2. The van der Waals surface area contributed by atoms with E-state index in [9.17, 15) is 9.59 Å². The molecule has 1 aromatic rings. The third kappa shape index (κ3) is 2.47. The van der Waals surface area contributed by atoms with Crippen molar-refractivity contribution in [2.45, 2.75) is 38.0 Å². The number of benzene rings is 1. The molecule has 0 radical (unpaired) electrons. The number of likely N-dealkylation sites (tertiary alicyclic amines) is 1. The van der Waals surface area contributed by atoms with Crippen molar-refractivity contribution < 1.29 is 14.3 Å². The lowest BCUT2D eigenvalue weighted by Gasteiger charge is -2.33. The second-order valence-corrected chi connectivity index (χ2v) is 6.55. The summed E-state index contributed by atoms with van der Waals surface area (Å²) >= 11 is 0. The first-order valence-electron chi connectivity index (χ1n) is 8.30. The Hall–Kier alpha value is -2.08. The van der Waals surface area contributed by atoms with Gasteiger partial charge >= 0.3 is 0 Å². The molecule has 0 aliphatic carbocycles. The van der Waals surface area contributed by atoms with Gasteiger partial charge in [0.05, 0.1) is 5.56 Å². The lowest BCUT2D eigenvalue weighted by molar-refractivity contribution is 0.0292. The van der Waals surface area contributed by atoms with Crippen molar-refractivity contribution in [3.63, 3.8) is 0 Å². The Bertz CT molecular complexity index is 652. The van der Waals surface area contributed by atoms with E-state index in [1.54, 1.807) is 23.1 Å². The average molecular weight is 315 g/mol. The molecule has 0 saturated carbocycles. The van der Waals surface area contributed by atoms with Gasteiger partial charge in [-0.15, -0.1) is 0 Å². The SMILES string of the molecule is NC1CCN(C(=O)c2ccc3c(c2)OC2CCCN2C3=O)CC1. The molecule has 6 nitrogen and oxygen atoms in total. The Kier molecular flexibility index (Phi) is 3.49. The van der Waals surface area contributed by atoms with Crippen LogP contribution < -0.4 is 10.5 Å². The lowest BCUT2D eigenvalue weighted by atomic mass is 10.0. The number of piperidine rings is 1. The zero-order valence-corrected chi connectivity index (χ0v) is 13.0. The second kappa shape index (κ2) is 5.53. The maximum absolute atomic E-state index is 12.6. The van der Waals surface area contributed by atoms with Crippen LogP contribution in [0.3, 0.4) is 0 Å². The zero-order chi connectivity index (χ0) is 16.0. The average Bonchev–Trinajstić information content (AvgIpc) is 3.03. The van der Waals surface area contributed by atoms with Gasteiger partial charge in [0.25, 0.3) is 11.8 Å². The van der Waals surface area contributed by atoms with Crippen LogP contribution in [0.2, 0.25) is 0 Å². The molecule has 1 aromatic carbocycles. The predicted molar refractivity (Wildman–Crippen MR) is 84.2 cm³/mol. The molecule has 122 valence electrons. The number of hydrogen-bond acceptors (Lipinski definition) is 4. The van der Waals surface area contributed by atoms with Crippen LogP contribution in [0.15, 0.2) is 18.2 Å². The Morgan fingerprint density at radius 3 is 2.74 bits per heavy atom. The van der Waals surface area contributed by atoms with Gasteiger partial charge in [-0.1, -0.05) is 0 Å². The highest BCUT2D eigenvalue weighted by atomic mass is 16.5. The third-order valence-electron chi connectivity index (χ3n) is 5.01. The quantitative estimate of drug-likeness (QED) is 0.845. The number of fused-ring (bicyclic) bond motifs is 2. The molecule has 2 saturated heterocycles. The molecule has 0 aromatic heterocycles. The van der Waals surface area contributed by atoms with Crippen molar-refractivity contribution in [3.05, 3.63) is 29.3 Å². The van der Waals surface area contributed by atoms with Crippen LogP contribution in [0.1, 0.15) is 46.4 Å². The molecular weight excluding hydrogens is 294 g/mol. The number of carbonyl (C=O) groups is 2. The summed E-state index contributed by atoms with van der Waals surface area (Å²) in [6.45, 7) is 2.12. The largest absolute Gasteiger partial charge is 0.470 e. The van der Waals surface area contributed by atoms with E-state index in [-0.39, 0.29) is 24.1 Å². The van der Waals surface area contributed by atoms with E-state index in [4.69, 9.17) is 10.5 Å². The maximum Gasteiger partial charge on any atom is 0.260 e. The minimum atomic E-state index is -0.173. The van der Waals surface area contributed by atoms with Gasteiger partial charge in [0.15, 0.2) is 6.23 Å². The molecule has 2 fully saturated rings. The maximum atomic E-state index is 12.6. The van der Waals surface area contributed by atoms with E-state index in [0.717, 1.165) is 32.2 Å². The highest BCUT2D eigenvalue weighted by Crippen LogP contribution is 2.33. The van der Waals surface area contributed by atoms with E-state index < -0.39 is 0 Å². The summed E-state index contributed by atoms with van der Waals surface area (Å²) in [4.78, 5) is 28.7. The highest BCUT2D eigenvalue weighted by Gasteiger charge is 2.37. The van der Waals surface area contributed by atoms with Crippen LogP contribution in [0.25, 0.3) is 0 Å². The Balaban J connectivity index is 1.58. The monoisotopic (exact) mass is 315 g/mol. The standard InChI is InChI=1S/C17H21N3O3/c18-12-5-8-19(9-6-12)16(21)11-3-4-13-14(10-11)23-15-2-1-7-20(15)17(13)22/h3-4,10,12,15H,1-2,5-9,18H2. The summed E-state index contributed by atoms with van der Waals surface area (Å²) in [5.41, 5.74) is 7.03. The molecule has 3 aliphatic heterocycles. The molecule has 1 unspecified atom stereocenters. The fourth-order valence-electron chi connectivity index (χ4n) is 3.61. The van der Waals surface area contributed by atoms with E-state index >= 15 is 0 Å². The summed E-state index contributed by atoms with van der Waals surface area (Å²) in [5, 5.41) is 0. The normalized spacial score (nSPS) is 24.2. The van der Waals surface area contributed by atoms with Gasteiger partial charge in [0.2, 0.25) is 0 Å². The van der Waals surface area contributed by atoms with E-state index in [1.165, 1.54) is 0 Å². The second-order valence-electron chi connectivity index (χ2n) is 6.55. The minimum Gasteiger partial charge on any atom is -0.470 e. The summed E-state index contributed by atoms with van der Waals surface area (Å²) in [6.07, 6.45) is 3.32. The fraction of sp³-hybridized carbons (Fsp3) is 0.529. The Morgan fingerprint density at radius 1 is 1.17 bits per heavy atom. The van der Waals surface area contributed by atoms with Crippen molar-refractivity contribution in [1.29, 1.82) is 0 Å². The molecule has 23 heavy (non-hydrogen) atoms. The smallest absolute Gasteiger partial charge is 0.260 e. The molecule has 0 spiro atoms. The van der Waals surface area contributed by atoms with Crippen LogP contribution in [-0.4, -0.2) is 53.5 Å². The summed E-state index contributed by atoms with van der Waals surface area (Å²) in [7, 11) is 0. The fourth-order valence-corrected chi connectivity index (χ4v) is 3.61. The highest BCUT2D eigenvalue weighted by molar-refractivity contribution is 6.01. The van der Waals surface area contributed by atoms with Crippen LogP contribution in [-0.2, 0) is 0 Å². The van der Waals surface area contributed by atoms with Crippen LogP contribution in [0, 0.1) is 0 Å². The number of hydrogen-bond donors (Lipinski definition) is 1. The van der Waals surface area contributed by atoms with E-state index in [0.29, 0.717) is 30.0 Å². The number of rotatable bonds is 1. The molecule has 1 atom stereocenters. The molecule has 0 bridgehead atoms. The van der Waals surface area contributed by atoms with Crippen molar-refractivity contribution in [2.24, 2.45) is 5.73 Å². The number of carbonyl (C=O) groups excluding carboxylic acids is 2. The van der Waals surface area contributed by atoms with Gasteiger partial charge < -0.3 is 20.3 Å². The van der Waals surface area contributed by atoms with Crippen molar-refractivity contribution in [2.75, 3.05) is 19.6 Å². The van der Waals surface area contributed by atoms with Crippen LogP contribution >= 0.6 is 0 Å².